The summed E-state index contributed by atoms with van der Waals surface area (Å²) in [6.45, 7) is 5.78. The summed E-state index contributed by atoms with van der Waals surface area (Å²) < 4.78 is 49.7. The largest absolute Gasteiger partial charge is 0.376 e. The van der Waals surface area contributed by atoms with E-state index in [-0.39, 0.29) is 16.0 Å². The zero-order chi connectivity index (χ0) is 23.6. The average molecular weight is 512 g/mol. The molecule has 2 heterocycles. The van der Waals surface area contributed by atoms with E-state index in [0.29, 0.717) is 41.6 Å². The number of fused-ring (bicyclic) bond motifs is 1. The van der Waals surface area contributed by atoms with Gasteiger partial charge in [0.15, 0.2) is 5.16 Å². The highest BCUT2D eigenvalue weighted by atomic mass is 35.5. The molecule has 2 aromatic carbocycles. The molecule has 0 spiro atoms. The number of rotatable bonds is 9. The Balaban J connectivity index is 1.71. The first kappa shape index (κ1) is 24.5. The summed E-state index contributed by atoms with van der Waals surface area (Å²) in [4.78, 5) is 4.96. The third-order valence-corrected chi connectivity index (χ3v) is 9.19. The molecule has 0 unspecified atom stereocenters. The second-order valence-electron chi connectivity index (χ2n) is 7.88. The summed E-state index contributed by atoms with van der Waals surface area (Å²) in [6, 6.07) is 10.0. The summed E-state index contributed by atoms with van der Waals surface area (Å²) in [5.41, 5.74) is 1.92. The van der Waals surface area contributed by atoms with Crippen molar-refractivity contribution < 1.29 is 17.5 Å². The van der Waals surface area contributed by atoms with Crippen molar-refractivity contribution in [2.24, 2.45) is 0 Å². The van der Waals surface area contributed by atoms with Crippen LogP contribution in [0.2, 0.25) is 5.02 Å². The van der Waals surface area contributed by atoms with Crippen molar-refractivity contribution in [2.75, 3.05) is 19.7 Å². The summed E-state index contributed by atoms with van der Waals surface area (Å²) in [6.07, 6.45) is 2.05. The Morgan fingerprint density at radius 3 is 2.76 bits per heavy atom. The Labute approximate surface area is 203 Å². The smallest absolute Gasteiger partial charge is 0.243 e. The molecular weight excluding hydrogens is 485 g/mol. The van der Waals surface area contributed by atoms with Gasteiger partial charge in [-0.15, -0.1) is 0 Å². The predicted molar refractivity (Wildman–Crippen MR) is 130 cm³/mol. The van der Waals surface area contributed by atoms with E-state index >= 15 is 0 Å². The van der Waals surface area contributed by atoms with Crippen molar-refractivity contribution in [1.82, 2.24) is 13.9 Å². The Morgan fingerprint density at radius 1 is 1.27 bits per heavy atom. The monoisotopic (exact) mass is 511 g/mol. The SMILES string of the molecule is CCN(CC)S(=O)(=O)c1ccc2c(c1)nc(SCc1cccc(Cl)c1F)n2C[C@H]1CCCO1. The normalized spacial score (nSPS) is 16.8. The van der Waals surface area contributed by atoms with Gasteiger partial charge in [0.1, 0.15) is 5.82 Å². The van der Waals surface area contributed by atoms with Crippen LogP contribution in [0.3, 0.4) is 0 Å². The Hall–Kier alpha value is -1.65. The fourth-order valence-corrected chi connectivity index (χ4v) is 6.71. The summed E-state index contributed by atoms with van der Waals surface area (Å²) in [5, 5.41) is 0.782. The van der Waals surface area contributed by atoms with Gasteiger partial charge in [-0.2, -0.15) is 4.31 Å². The number of thioether (sulfide) groups is 1. The molecule has 0 radical (unpaired) electrons. The lowest BCUT2D eigenvalue weighted by molar-refractivity contribution is 0.0960. The molecule has 1 saturated heterocycles. The molecule has 0 saturated carbocycles. The van der Waals surface area contributed by atoms with Crippen LogP contribution >= 0.6 is 23.4 Å². The van der Waals surface area contributed by atoms with E-state index in [9.17, 15) is 12.8 Å². The third-order valence-electron chi connectivity index (χ3n) is 5.83. The van der Waals surface area contributed by atoms with Crippen LogP contribution in [0.25, 0.3) is 11.0 Å². The van der Waals surface area contributed by atoms with Crippen molar-refractivity contribution in [3.05, 3.63) is 52.8 Å². The van der Waals surface area contributed by atoms with Crippen LogP contribution in [0.4, 0.5) is 4.39 Å². The van der Waals surface area contributed by atoms with Crippen molar-refractivity contribution in [3.8, 4) is 0 Å². The molecule has 0 bridgehead atoms. The van der Waals surface area contributed by atoms with Gasteiger partial charge in [-0.1, -0.05) is 49.3 Å². The maximum absolute atomic E-state index is 14.4. The van der Waals surface area contributed by atoms with Gasteiger partial charge >= 0.3 is 0 Å². The van der Waals surface area contributed by atoms with Crippen LogP contribution in [0.1, 0.15) is 32.3 Å². The van der Waals surface area contributed by atoms with E-state index in [1.54, 1.807) is 30.3 Å². The van der Waals surface area contributed by atoms with Crippen molar-refractivity contribution >= 4 is 44.4 Å². The van der Waals surface area contributed by atoms with Gasteiger partial charge in [-0.3, -0.25) is 0 Å². The molecule has 1 aliphatic heterocycles. The van der Waals surface area contributed by atoms with Crippen molar-refractivity contribution in [1.29, 1.82) is 0 Å². The van der Waals surface area contributed by atoms with Crippen LogP contribution in [0, 0.1) is 5.82 Å². The second kappa shape index (κ2) is 10.3. The molecule has 1 fully saturated rings. The minimum Gasteiger partial charge on any atom is -0.376 e. The van der Waals surface area contributed by atoms with Gasteiger partial charge < -0.3 is 9.30 Å². The number of nitrogens with zero attached hydrogens (tertiary/aromatic N) is 3. The molecule has 0 N–H and O–H groups in total. The van der Waals surface area contributed by atoms with Crippen molar-refractivity contribution in [2.45, 2.75) is 55.1 Å². The van der Waals surface area contributed by atoms with Crippen LogP contribution < -0.4 is 0 Å². The maximum Gasteiger partial charge on any atom is 0.243 e. The quantitative estimate of drug-likeness (QED) is 0.363. The van der Waals surface area contributed by atoms with Gasteiger partial charge in [0.2, 0.25) is 10.0 Å². The fourth-order valence-electron chi connectivity index (χ4n) is 4.04. The molecule has 10 heteroatoms. The van der Waals surface area contributed by atoms with E-state index in [4.69, 9.17) is 21.3 Å². The topological polar surface area (TPSA) is 64.4 Å². The summed E-state index contributed by atoms with van der Waals surface area (Å²) in [7, 11) is -3.60. The number of halogens is 2. The molecule has 1 atom stereocenters. The molecule has 33 heavy (non-hydrogen) atoms. The van der Waals surface area contributed by atoms with Gasteiger partial charge in [-0.05, 0) is 42.7 Å². The van der Waals surface area contributed by atoms with Crippen LogP contribution in [-0.4, -0.2) is 48.1 Å². The Bertz CT molecular complexity index is 1240. The van der Waals surface area contributed by atoms with Gasteiger partial charge in [0.05, 0.1) is 33.6 Å². The van der Waals surface area contributed by atoms with E-state index in [0.717, 1.165) is 25.0 Å². The molecule has 178 valence electrons. The van der Waals surface area contributed by atoms with Crippen LogP contribution in [0.5, 0.6) is 0 Å². The van der Waals surface area contributed by atoms with E-state index in [1.165, 1.54) is 22.1 Å². The lowest BCUT2D eigenvalue weighted by atomic mass is 10.2. The summed E-state index contributed by atoms with van der Waals surface area (Å²) >= 11 is 7.33. The summed E-state index contributed by atoms with van der Waals surface area (Å²) in [5.74, 6) is -0.0766. The molecule has 6 nitrogen and oxygen atoms in total. The highest BCUT2D eigenvalue weighted by Crippen LogP contribution is 2.32. The molecule has 0 amide bonds. The first-order valence-corrected chi connectivity index (χ1v) is 13.8. The van der Waals surface area contributed by atoms with Gasteiger partial charge in [-0.25, -0.2) is 17.8 Å². The van der Waals surface area contributed by atoms with E-state index in [1.807, 2.05) is 18.4 Å². The van der Waals surface area contributed by atoms with Crippen molar-refractivity contribution in [3.63, 3.8) is 0 Å². The minimum absolute atomic E-state index is 0.0729. The number of benzene rings is 2. The third kappa shape index (κ3) is 5.07. The highest BCUT2D eigenvalue weighted by Gasteiger charge is 2.25. The first-order valence-electron chi connectivity index (χ1n) is 11.0. The number of hydrogen-bond donors (Lipinski definition) is 0. The van der Waals surface area contributed by atoms with Gasteiger partial charge in [0.25, 0.3) is 0 Å². The Kier molecular flexibility index (Phi) is 7.65. The van der Waals surface area contributed by atoms with Gasteiger partial charge in [0, 0.05) is 25.4 Å². The number of sulfonamides is 1. The Morgan fingerprint density at radius 2 is 2.06 bits per heavy atom. The van der Waals surface area contributed by atoms with E-state index in [2.05, 4.69) is 0 Å². The molecule has 1 aliphatic rings. The predicted octanol–water partition coefficient (Wildman–Crippen LogP) is 5.33. The molecule has 0 aliphatic carbocycles. The zero-order valence-corrected chi connectivity index (χ0v) is 21.0. The molecule has 4 rings (SSSR count). The van der Waals surface area contributed by atoms with Crippen LogP contribution in [0.15, 0.2) is 46.5 Å². The van der Waals surface area contributed by atoms with Crippen LogP contribution in [-0.2, 0) is 27.1 Å². The molecule has 3 aromatic rings. The number of aromatic nitrogens is 2. The number of imidazole rings is 1. The van der Waals surface area contributed by atoms with E-state index < -0.39 is 15.8 Å². The highest BCUT2D eigenvalue weighted by molar-refractivity contribution is 7.98. The second-order valence-corrected chi connectivity index (χ2v) is 11.2. The molecule has 1 aromatic heterocycles. The number of hydrogen-bond acceptors (Lipinski definition) is 5. The minimum atomic E-state index is -3.60. The maximum atomic E-state index is 14.4. The lowest BCUT2D eigenvalue weighted by Gasteiger charge is -2.18. The zero-order valence-electron chi connectivity index (χ0n) is 18.6. The average Bonchev–Trinajstić information content (AvgIpc) is 3.43. The first-order chi connectivity index (χ1) is 15.8. The lowest BCUT2D eigenvalue weighted by Crippen LogP contribution is -2.30. The molecular formula is C23H27ClFN3O3S2. The standard InChI is InChI=1S/C23H27ClFN3O3S2/c1-3-27(4-2)33(29,30)18-10-11-21-20(13-18)26-23(28(21)14-17-8-6-12-31-17)32-15-16-7-5-9-19(24)22(16)25/h5,7,9-11,13,17H,3-4,6,8,12,14-15H2,1-2H3/t17-/m1/s1. The fraction of sp³-hybridized carbons (Fsp3) is 0.435. The number of ether oxygens (including phenoxy) is 1.